The van der Waals surface area contributed by atoms with Crippen LogP contribution in [0.1, 0.15) is 36.8 Å². The summed E-state index contributed by atoms with van der Waals surface area (Å²) in [6, 6.07) is 6.23. The van der Waals surface area contributed by atoms with Crippen LogP contribution in [0.25, 0.3) is 10.9 Å². The number of aromatic nitrogens is 1. The molecule has 0 bridgehead atoms. The lowest BCUT2D eigenvalue weighted by molar-refractivity contribution is -0.140. The zero-order valence-electron chi connectivity index (χ0n) is 12.3. The van der Waals surface area contributed by atoms with Gasteiger partial charge in [-0.2, -0.15) is 0 Å². The molecule has 0 spiro atoms. The number of rotatable bonds is 6. The summed E-state index contributed by atoms with van der Waals surface area (Å²) in [7, 11) is 0. The highest BCUT2D eigenvalue weighted by Crippen LogP contribution is 2.27. The first-order chi connectivity index (χ1) is 9.69. The van der Waals surface area contributed by atoms with Gasteiger partial charge in [0, 0.05) is 36.9 Å². The smallest absolute Gasteiger partial charge is 0.184 e. The molecule has 0 aliphatic heterocycles. The quantitative estimate of drug-likeness (QED) is 0.822. The van der Waals surface area contributed by atoms with E-state index in [1.54, 1.807) is 0 Å². The number of pyridine rings is 1. The van der Waals surface area contributed by atoms with Crippen molar-refractivity contribution in [3.05, 3.63) is 41.1 Å². The van der Waals surface area contributed by atoms with Gasteiger partial charge in [-0.05, 0) is 50.1 Å². The van der Waals surface area contributed by atoms with Gasteiger partial charge in [0.05, 0.1) is 5.52 Å². The van der Waals surface area contributed by atoms with Gasteiger partial charge in [-0.15, -0.1) is 0 Å². The minimum absolute atomic E-state index is 0.323. The van der Waals surface area contributed by atoms with Crippen molar-refractivity contribution in [3.63, 3.8) is 0 Å². The molecular formula is C16H22N2O2. The van der Waals surface area contributed by atoms with Gasteiger partial charge in [-0.3, -0.25) is 4.98 Å². The van der Waals surface area contributed by atoms with E-state index in [9.17, 15) is 0 Å². The van der Waals surface area contributed by atoms with Gasteiger partial charge in [0.2, 0.25) is 0 Å². The normalized spacial score (nSPS) is 11.4. The van der Waals surface area contributed by atoms with Gasteiger partial charge >= 0.3 is 0 Å². The summed E-state index contributed by atoms with van der Waals surface area (Å²) >= 11 is 0. The molecule has 0 saturated carbocycles. The predicted molar refractivity (Wildman–Crippen MR) is 80.4 cm³/mol. The van der Waals surface area contributed by atoms with E-state index >= 15 is 0 Å². The minimum atomic E-state index is -0.323. The number of hydrogen-bond acceptors (Lipinski definition) is 4. The number of aryl methyl sites for hydroxylation is 1. The Bertz CT molecular complexity index is 578. The summed E-state index contributed by atoms with van der Waals surface area (Å²) in [5.74, 6) is 0. The molecule has 4 heteroatoms. The molecule has 1 heterocycles. The van der Waals surface area contributed by atoms with Gasteiger partial charge in [0.1, 0.15) is 0 Å². The maximum absolute atomic E-state index is 5.69. The molecule has 1 aromatic carbocycles. The molecule has 20 heavy (non-hydrogen) atoms. The molecule has 0 fully saturated rings. The molecule has 0 atom stereocenters. The fraction of sp³-hybridized carbons (Fsp3) is 0.438. The van der Waals surface area contributed by atoms with E-state index in [1.807, 2.05) is 20.0 Å². The third kappa shape index (κ3) is 3.15. The van der Waals surface area contributed by atoms with Crippen LogP contribution >= 0.6 is 0 Å². The number of nitrogens with zero attached hydrogens (tertiary/aromatic N) is 1. The van der Waals surface area contributed by atoms with Crippen LogP contribution in [0, 0.1) is 6.92 Å². The number of nitrogens with two attached hydrogens (primary N) is 1. The largest absolute Gasteiger partial charge is 0.349 e. The third-order valence-electron chi connectivity index (χ3n) is 3.25. The van der Waals surface area contributed by atoms with Gasteiger partial charge in [0.25, 0.3) is 0 Å². The van der Waals surface area contributed by atoms with Crippen LogP contribution in [0.4, 0.5) is 0 Å². The van der Waals surface area contributed by atoms with Crippen molar-refractivity contribution < 1.29 is 9.47 Å². The molecule has 1 aromatic heterocycles. The van der Waals surface area contributed by atoms with Gasteiger partial charge in [0.15, 0.2) is 6.29 Å². The molecule has 0 aliphatic rings. The maximum atomic E-state index is 5.69. The molecule has 2 N–H and O–H groups in total. The zero-order valence-corrected chi connectivity index (χ0v) is 12.3. The van der Waals surface area contributed by atoms with Crippen LogP contribution in [0.15, 0.2) is 24.4 Å². The molecule has 0 unspecified atom stereocenters. The van der Waals surface area contributed by atoms with Crippen LogP contribution < -0.4 is 5.73 Å². The molecule has 4 nitrogen and oxygen atoms in total. The average molecular weight is 274 g/mol. The lowest BCUT2D eigenvalue weighted by Gasteiger charge is -2.20. The van der Waals surface area contributed by atoms with E-state index in [0.29, 0.717) is 19.8 Å². The first-order valence-corrected chi connectivity index (χ1v) is 7.02. The van der Waals surface area contributed by atoms with Crippen molar-refractivity contribution in [2.75, 3.05) is 13.2 Å². The number of hydrogen-bond donors (Lipinski definition) is 1. The zero-order chi connectivity index (χ0) is 14.5. The predicted octanol–water partition coefficient (Wildman–Crippen LogP) is 3.07. The maximum Gasteiger partial charge on any atom is 0.184 e. The number of benzene rings is 1. The van der Waals surface area contributed by atoms with E-state index in [2.05, 4.69) is 30.1 Å². The summed E-state index contributed by atoms with van der Waals surface area (Å²) in [4.78, 5) is 4.44. The van der Waals surface area contributed by atoms with E-state index in [1.165, 1.54) is 0 Å². The van der Waals surface area contributed by atoms with Gasteiger partial charge in [-0.25, -0.2) is 0 Å². The first kappa shape index (κ1) is 14.9. The Labute approximate surface area is 119 Å². The third-order valence-corrected chi connectivity index (χ3v) is 3.25. The fourth-order valence-electron chi connectivity index (χ4n) is 2.24. The molecule has 0 aliphatic carbocycles. The fourth-order valence-corrected chi connectivity index (χ4v) is 2.24. The standard InChI is InChI=1S/C16H22N2O2/c1-4-19-16(20-5-2)14-8-13-7-12(9-17)10-18-15(13)6-11(14)3/h6-8,10,16H,4-5,9,17H2,1-3H3. The lowest BCUT2D eigenvalue weighted by atomic mass is 10.0. The van der Waals surface area contributed by atoms with Crippen molar-refractivity contribution in [1.29, 1.82) is 0 Å². The Morgan fingerprint density at radius 3 is 2.45 bits per heavy atom. The summed E-state index contributed by atoms with van der Waals surface area (Å²) < 4.78 is 11.4. The number of ether oxygens (including phenoxy) is 2. The molecule has 2 rings (SSSR count). The van der Waals surface area contributed by atoms with E-state index in [4.69, 9.17) is 15.2 Å². The Morgan fingerprint density at radius 1 is 1.15 bits per heavy atom. The highest BCUT2D eigenvalue weighted by molar-refractivity contribution is 5.80. The average Bonchev–Trinajstić information content (AvgIpc) is 2.46. The Kier molecular flexibility index (Phi) is 5.06. The van der Waals surface area contributed by atoms with Crippen molar-refractivity contribution in [3.8, 4) is 0 Å². The summed E-state index contributed by atoms with van der Waals surface area (Å²) in [5.41, 5.74) is 9.84. The number of fused-ring (bicyclic) bond motifs is 1. The van der Waals surface area contributed by atoms with Crippen LogP contribution in [-0.2, 0) is 16.0 Å². The molecule has 108 valence electrons. The second kappa shape index (κ2) is 6.79. The first-order valence-electron chi connectivity index (χ1n) is 7.02. The topological polar surface area (TPSA) is 57.4 Å². The van der Waals surface area contributed by atoms with Crippen LogP contribution in [-0.4, -0.2) is 18.2 Å². The van der Waals surface area contributed by atoms with Crippen LogP contribution in [0.3, 0.4) is 0 Å². The van der Waals surface area contributed by atoms with Crippen molar-refractivity contribution in [1.82, 2.24) is 4.98 Å². The monoisotopic (exact) mass is 274 g/mol. The molecular weight excluding hydrogens is 252 g/mol. The SMILES string of the molecule is CCOC(OCC)c1cc2cc(CN)cnc2cc1C. The molecule has 0 amide bonds. The Balaban J connectivity index is 2.48. The minimum Gasteiger partial charge on any atom is -0.349 e. The van der Waals surface area contributed by atoms with Gasteiger partial charge < -0.3 is 15.2 Å². The highest BCUT2D eigenvalue weighted by Gasteiger charge is 2.15. The van der Waals surface area contributed by atoms with Crippen LogP contribution in [0.2, 0.25) is 0 Å². The summed E-state index contributed by atoms with van der Waals surface area (Å²) in [6.45, 7) is 7.71. The van der Waals surface area contributed by atoms with Gasteiger partial charge in [-0.1, -0.05) is 0 Å². The van der Waals surface area contributed by atoms with Crippen molar-refractivity contribution in [2.24, 2.45) is 5.73 Å². The Hall–Kier alpha value is -1.49. The van der Waals surface area contributed by atoms with E-state index < -0.39 is 0 Å². The van der Waals surface area contributed by atoms with Crippen molar-refractivity contribution >= 4 is 10.9 Å². The second-order valence-electron chi connectivity index (χ2n) is 4.69. The second-order valence-corrected chi connectivity index (χ2v) is 4.69. The molecule has 0 saturated heterocycles. The van der Waals surface area contributed by atoms with Crippen LogP contribution in [0.5, 0.6) is 0 Å². The Morgan fingerprint density at radius 2 is 1.85 bits per heavy atom. The van der Waals surface area contributed by atoms with E-state index in [0.717, 1.165) is 27.6 Å². The highest BCUT2D eigenvalue weighted by atomic mass is 16.7. The van der Waals surface area contributed by atoms with E-state index in [-0.39, 0.29) is 6.29 Å². The lowest BCUT2D eigenvalue weighted by Crippen LogP contribution is -2.10. The summed E-state index contributed by atoms with van der Waals surface area (Å²) in [5, 5.41) is 1.07. The summed E-state index contributed by atoms with van der Waals surface area (Å²) in [6.07, 6.45) is 1.50. The molecule has 0 radical (unpaired) electrons. The molecule has 2 aromatic rings. The van der Waals surface area contributed by atoms with Crippen molar-refractivity contribution in [2.45, 2.75) is 33.6 Å².